The molecular formula is C28H28N6O3. The first-order valence-corrected chi connectivity index (χ1v) is 12.5. The molecule has 9 nitrogen and oxygen atoms in total. The van der Waals surface area contributed by atoms with E-state index in [1.54, 1.807) is 11.4 Å². The highest BCUT2D eigenvalue weighted by Gasteiger charge is 2.25. The first-order chi connectivity index (χ1) is 18.1. The van der Waals surface area contributed by atoms with Gasteiger partial charge in [-0.3, -0.25) is 0 Å². The zero-order valence-corrected chi connectivity index (χ0v) is 20.9. The van der Waals surface area contributed by atoms with Gasteiger partial charge in [0, 0.05) is 43.5 Å². The lowest BCUT2D eigenvalue weighted by atomic mass is 10.1. The van der Waals surface area contributed by atoms with Crippen LogP contribution in [0.2, 0.25) is 0 Å². The quantitative estimate of drug-likeness (QED) is 0.306. The third-order valence-electron chi connectivity index (χ3n) is 6.77. The van der Waals surface area contributed by atoms with Gasteiger partial charge in [-0.15, -0.1) is 0 Å². The maximum absolute atomic E-state index is 12.8. The van der Waals surface area contributed by atoms with Gasteiger partial charge in [-0.25, -0.2) is 19.3 Å². The number of anilines is 1. The molecule has 0 aliphatic carbocycles. The van der Waals surface area contributed by atoms with Crippen molar-refractivity contribution in [2.45, 2.75) is 25.9 Å². The van der Waals surface area contributed by atoms with Crippen molar-refractivity contribution in [3.63, 3.8) is 0 Å². The predicted molar refractivity (Wildman–Crippen MR) is 141 cm³/mol. The predicted octanol–water partition coefficient (Wildman–Crippen LogP) is 4.52. The second-order valence-electron chi connectivity index (χ2n) is 9.20. The van der Waals surface area contributed by atoms with Gasteiger partial charge in [0.1, 0.15) is 5.65 Å². The summed E-state index contributed by atoms with van der Waals surface area (Å²) in [6, 6.07) is 16.5. The molecule has 1 atom stereocenters. The molecule has 1 fully saturated rings. The summed E-state index contributed by atoms with van der Waals surface area (Å²) in [6.07, 6.45) is 6.38. The second-order valence-corrected chi connectivity index (χ2v) is 9.20. The van der Waals surface area contributed by atoms with Gasteiger partial charge in [-0.1, -0.05) is 30.3 Å². The fraction of sp³-hybridized carbons (Fsp3) is 0.286. The molecule has 1 aromatic carbocycles. The largest absolute Gasteiger partial charge is 0.461 e. The Balaban J connectivity index is 1.53. The van der Waals surface area contributed by atoms with Crippen LogP contribution < -0.4 is 4.90 Å². The highest BCUT2D eigenvalue weighted by molar-refractivity contribution is 5.95. The van der Waals surface area contributed by atoms with Crippen molar-refractivity contribution in [3.05, 3.63) is 78.4 Å². The Labute approximate surface area is 214 Å². The van der Waals surface area contributed by atoms with Gasteiger partial charge >= 0.3 is 5.97 Å². The third-order valence-corrected chi connectivity index (χ3v) is 6.77. The number of hydrogen-bond acceptors (Lipinski definition) is 7. The number of imidazole rings is 1. The van der Waals surface area contributed by atoms with Crippen molar-refractivity contribution >= 4 is 28.3 Å². The Morgan fingerprint density at radius 2 is 2.03 bits per heavy atom. The van der Waals surface area contributed by atoms with E-state index in [4.69, 9.17) is 14.6 Å². The maximum atomic E-state index is 12.8. The molecule has 188 valence electrons. The fourth-order valence-electron chi connectivity index (χ4n) is 4.96. The molecule has 37 heavy (non-hydrogen) atoms. The van der Waals surface area contributed by atoms with Crippen LogP contribution in [0.5, 0.6) is 0 Å². The van der Waals surface area contributed by atoms with E-state index < -0.39 is 5.97 Å². The Morgan fingerprint density at radius 3 is 2.81 bits per heavy atom. The number of hydrogen-bond donors (Lipinski definition) is 0. The lowest BCUT2D eigenvalue weighted by molar-refractivity contribution is 0.0517. The molecule has 9 heteroatoms. The zero-order chi connectivity index (χ0) is 25.4. The van der Waals surface area contributed by atoms with Crippen LogP contribution in [-0.4, -0.2) is 57.0 Å². The lowest BCUT2D eigenvalue weighted by Crippen LogP contribution is -2.19. The second kappa shape index (κ2) is 9.67. The summed E-state index contributed by atoms with van der Waals surface area (Å²) in [5.41, 5.74) is 5.47. The van der Waals surface area contributed by atoms with Crippen molar-refractivity contribution in [1.82, 2.24) is 24.1 Å². The molecule has 1 unspecified atom stereocenters. The van der Waals surface area contributed by atoms with Gasteiger partial charge in [-0.2, -0.15) is 5.10 Å². The summed E-state index contributed by atoms with van der Waals surface area (Å²) in [5, 5.41) is 5.90. The molecule has 0 bridgehead atoms. The standard InChI is InChI=1S/C28H28N6O3/c1-3-37-28(35)25-15-30-27-24(32(2)16-19-8-5-4-6-9-19)14-23(31-34(25)27)22-17-33(20-11-13-36-18-20)26-21(22)10-7-12-29-26/h4-10,12,14-15,17,20H,3,11,13,16,18H2,1-2H3. The van der Waals surface area contributed by atoms with Crippen LogP contribution in [0, 0.1) is 0 Å². The third kappa shape index (κ3) is 4.21. The van der Waals surface area contributed by atoms with Gasteiger partial charge in [-0.05, 0) is 37.1 Å². The van der Waals surface area contributed by atoms with E-state index in [1.807, 2.05) is 43.6 Å². The number of pyridine rings is 1. The average molecular weight is 497 g/mol. The van der Waals surface area contributed by atoms with Crippen LogP contribution >= 0.6 is 0 Å². The SMILES string of the molecule is CCOC(=O)c1cnc2c(N(C)Cc3ccccc3)cc(-c3cn(C4CCOC4)c4ncccc34)nn12. The number of nitrogens with zero attached hydrogens (tertiary/aromatic N) is 6. The molecule has 1 aliphatic heterocycles. The smallest absolute Gasteiger partial charge is 0.358 e. The van der Waals surface area contributed by atoms with Crippen LogP contribution in [0.4, 0.5) is 5.69 Å². The molecule has 0 spiro atoms. The molecular weight excluding hydrogens is 468 g/mol. The highest BCUT2D eigenvalue weighted by Crippen LogP contribution is 2.35. The highest BCUT2D eigenvalue weighted by atomic mass is 16.5. The monoisotopic (exact) mass is 496 g/mol. The first kappa shape index (κ1) is 23.2. The molecule has 0 radical (unpaired) electrons. The van der Waals surface area contributed by atoms with Crippen molar-refractivity contribution in [3.8, 4) is 11.3 Å². The zero-order valence-electron chi connectivity index (χ0n) is 20.9. The molecule has 5 heterocycles. The van der Waals surface area contributed by atoms with E-state index in [0.717, 1.165) is 41.0 Å². The van der Waals surface area contributed by atoms with Crippen LogP contribution in [0.25, 0.3) is 27.9 Å². The number of carbonyl (C=O) groups excluding carboxylic acids is 1. The minimum Gasteiger partial charge on any atom is -0.461 e. The number of fused-ring (bicyclic) bond motifs is 2. The number of ether oxygens (including phenoxy) is 2. The molecule has 0 saturated carbocycles. The van der Waals surface area contributed by atoms with E-state index in [0.29, 0.717) is 24.5 Å². The molecule has 4 aromatic heterocycles. The normalized spacial score (nSPS) is 15.5. The molecule has 1 saturated heterocycles. The number of rotatable bonds is 7. The lowest BCUT2D eigenvalue weighted by Gasteiger charge is -2.21. The first-order valence-electron chi connectivity index (χ1n) is 12.5. The van der Waals surface area contributed by atoms with E-state index >= 15 is 0 Å². The average Bonchev–Trinajstić information content (AvgIpc) is 3.67. The van der Waals surface area contributed by atoms with Crippen molar-refractivity contribution in [1.29, 1.82) is 0 Å². The van der Waals surface area contributed by atoms with Crippen molar-refractivity contribution in [2.24, 2.45) is 0 Å². The molecule has 0 N–H and O–H groups in total. The number of aromatic nitrogens is 5. The maximum Gasteiger partial charge on any atom is 0.358 e. The van der Waals surface area contributed by atoms with Gasteiger partial charge in [0.2, 0.25) is 0 Å². The number of carbonyl (C=O) groups is 1. The van der Waals surface area contributed by atoms with Crippen molar-refractivity contribution in [2.75, 3.05) is 31.8 Å². The van der Waals surface area contributed by atoms with Gasteiger partial charge < -0.3 is 18.9 Å². The Hall–Kier alpha value is -4.24. The van der Waals surface area contributed by atoms with Gasteiger partial charge in [0.05, 0.1) is 36.8 Å². The van der Waals surface area contributed by atoms with Crippen LogP contribution in [0.3, 0.4) is 0 Å². The fourth-order valence-corrected chi connectivity index (χ4v) is 4.96. The van der Waals surface area contributed by atoms with E-state index in [9.17, 15) is 4.79 Å². The number of esters is 1. The summed E-state index contributed by atoms with van der Waals surface area (Å²) in [6.45, 7) is 4.13. The molecule has 1 aliphatic rings. The Kier molecular flexibility index (Phi) is 6.05. The minimum atomic E-state index is -0.455. The summed E-state index contributed by atoms with van der Waals surface area (Å²) < 4.78 is 14.7. The van der Waals surface area contributed by atoms with Crippen LogP contribution in [0.15, 0.2) is 67.1 Å². The topological polar surface area (TPSA) is 86.8 Å². The van der Waals surface area contributed by atoms with E-state index in [-0.39, 0.29) is 12.6 Å². The Bertz CT molecular complexity index is 1570. The summed E-state index contributed by atoms with van der Waals surface area (Å²) >= 11 is 0. The van der Waals surface area contributed by atoms with E-state index in [2.05, 4.69) is 43.8 Å². The molecule has 6 rings (SSSR count). The number of benzene rings is 1. The van der Waals surface area contributed by atoms with Crippen molar-refractivity contribution < 1.29 is 14.3 Å². The Morgan fingerprint density at radius 1 is 1.16 bits per heavy atom. The van der Waals surface area contributed by atoms with Gasteiger partial charge in [0.15, 0.2) is 11.3 Å². The van der Waals surface area contributed by atoms with Gasteiger partial charge in [0.25, 0.3) is 0 Å². The molecule has 5 aromatic rings. The molecule has 0 amide bonds. The summed E-state index contributed by atoms with van der Waals surface area (Å²) in [4.78, 5) is 24.1. The summed E-state index contributed by atoms with van der Waals surface area (Å²) in [7, 11) is 2.02. The van der Waals surface area contributed by atoms with Crippen LogP contribution in [0.1, 0.15) is 35.4 Å². The van der Waals surface area contributed by atoms with Crippen LogP contribution in [-0.2, 0) is 16.0 Å². The summed E-state index contributed by atoms with van der Waals surface area (Å²) in [5.74, 6) is -0.455. The minimum absolute atomic E-state index is 0.221. The van der Waals surface area contributed by atoms with E-state index in [1.165, 1.54) is 11.8 Å².